The number of carbonyl (C=O) groups excluding carboxylic acids is 1. The number of aryl methyl sites for hydroxylation is 2. The zero-order valence-electron chi connectivity index (χ0n) is 17.4. The zero-order chi connectivity index (χ0) is 22.4. The van der Waals surface area contributed by atoms with Crippen LogP contribution in [0, 0.1) is 13.8 Å². The van der Waals surface area contributed by atoms with Crippen LogP contribution in [0.5, 0.6) is 11.5 Å². The number of hydrogen-bond acceptors (Lipinski definition) is 4. The van der Waals surface area contributed by atoms with Gasteiger partial charge in [-0.25, -0.2) is 0 Å². The maximum Gasteiger partial charge on any atom is 0.262 e. The summed E-state index contributed by atoms with van der Waals surface area (Å²) in [6.45, 7) is 3.70. The Balaban J connectivity index is 1.65. The number of halogens is 2. The molecule has 160 valence electrons. The highest BCUT2D eigenvalue weighted by Crippen LogP contribution is 2.28. The van der Waals surface area contributed by atoms with Gasteiger partial charge in [-0.3, -0.25) is 9.79 Å². The van der Waals surface area contributed by atoms with Crippen LogP contribution in [-0.2, 0) is 4.79 Å². The molecule has 3 rings (SSSR count). The average molecular weight is 457 g/mol. The van der Waals surface area contributed by atoms with Crippen LogP contribution >= 0.6 is 23.2 Å². The molecule has 0 fully saturated rings. The summed E-state index contributed by atoms with van der Waals surface area (Å²) >= 11 is 12.1. The van der Waals surface area contributed by atoms with Crippen molar-refractivity contribution in [3.8, 4) is 11.5 Å². The summed E-state index contributed by atoms with van der Waals surface area (Å²) in [5, 5.41) is 3.97. The van der Waals surface area contributed by atoms with Gasteiger partial charge in [0.2, 0.25) is 0 Å². The summed E-state index contributed by atoms with van der Waals surface area (Å²) in [6, 6.07) is 16.2. The minimum Gasteiger partial charge on any atom is -0.493 e. The van der Waals surface area contributed by atoms with Crippen molar-refractivity contribution < 1.29 is 14.3 Å². The fraction of sp³-hybridized carbons (Fsp3) is 0.167. The zero-order valence-corrected chi connectivity index (χ0v) is 18.9. The van der Waals surface area contributed by atoms with Gasteiger partial charge < -0.3 is 14.8 Å². The largest absolute Gasteiger partial charge is 0.493 e. The van der Waals surface area contributed by atoms with Crippen molar-refractivity contribution in [2.75, 3.05) is 19.0 Å². The van der Waals surface area contributed by atoms with Crippen LogP contribution in [0.3, 0.4) is 0 Å². The molecule has 0 heterocycles. The highest BCUT2D eigenvalue weighted by molar-refractivity contribution is 6.31. The molecule has 31 heavy (non-hydrogen) atoms. The van der Waals surface area contributed by atoms with Crippen LogP contribution in [0.2, 0.25) is 10.0 Å². The van der Waals surface area contributed by atoms with Crippen molar-refractivity contribution in [3.05, 3.63) is 81.3 Å². The van der Waals surface area contributed by atoms with Crippen molar-refractivity contribution in [3.63, 3.8) is 0 Å². The van der Waals surface area contributed by atoms with E-state index in [2.05, 4.69) is 10.3 Å². The summed E-state index contributed by atoms with van der Waals surface area (Å²) in [4.78, 5) is 16.7. The smallest absolute Gasteiger partial charge is 0.262 e. The second-order valence-electron chi connectivity index (χ2n) is 6.90. The first-order valence-electron chi connectivity index (χ1n) is 9.53. The summed E-state index contributed by atoms with van der Waals surface area (Å²) in [5.74, 6) is 0.651. The van der Waals surface area contributed by atoms with E-state index in [1.54, 1.807) is 37.6 Å². The van der Waals surface area contributed by atoms with Crippen molar-refractivity contribution in [2.45, 2.75) is 13.8 Å². The molecule has 0 aliphatic rings. The molecule has 0 aromatic heterocycles. The molecule has 0 unspecified atom stereocenters. The molecule has 1 N–H and O–H groups in total. The van der Waals surface area contributed by atoms with Gasteiger partial charge in [-0.2, -0.15) is 0 Å². The van der Waals surface area contributed by atoms with E-state index in [0.717, 1.165) is 22.4 Å². The number of ether oxygens (including phenoxy) is 2. The Morgan fingerprint density at radius 2 is 1.77 bits per heavy atom. The molecule has 0 radical (unpaired) electrons. The Bertz CT molecular complexity index is 1130. The van der Waals surface area contributed by atoms with E-state index in [0.29, 0.717) is 27.2 Å². The Labute approximate surface area is 191 Å². The molecule has 5 nitrogen and oxygen atoms in total. The predicted molar refractivity (Wildman–Crippen MR) is 127 cm³/mol. The maximum atomic E-state index is 12.2. The SMILES string of the molecule is COc1cc(C=Nc2cc(Cl)ccc2C)ccc1OCC(=O)Nc1ccc(C)c(Cl)c1. The quantitative estimate of drug-likeness (QED) is 0.419. The third-order valence-electron chi connectivity index (χ3n) is 4.53. The van der Waals surface area contributed by atoms with Crippen LogP contribution in [0.1, 0.15) is 16.7 Å². The number of nitrogens with zero attached hydrogens (tertiary/aromatic N) is 1. The van der Waals surface area contributed by atoms with Crippen molar-refractivity contribution in [2.24, 2.45) is 4.99 Å². The van der Waals surface area contributed by atoms with E-state index in [1.165, 1.54) is 0 Å². The van der Waals surface area contributed by atoms with Crippen LogP contribution < -0.4 is 14.8 Å². The molecule has 7 heteroatoms. The second-order valence-corrected chi connectivity index (χ2v) is 7.74. The fourth-order valence-electron chi connectivity index (χ4n) is 2.76. The van der Waals surface area contributed by atoms with Gasteiger partial charge in [0.25, 0.3) is 5.91 Å². The van der Waals surface area contributed by atoms with E-state index < -0.39 is 0 Å². The fourth-order valence-corrected chi connectivity index (χ4v) is 3.11. The predicted octanol–water partition coefficient (Wildman–Crippen LogP) is 6.39. The summed E-state index contributed by atoms with van der Waals surface area (Å²) in [6.07, 6.45) is 1.72. The number of methoxy groups -OCH3 is 1. The van der Waals surface area contributed by atoms with Crippen LogP contribution in [0.4, 0.5) is 11.4 Å². The number of carbonyl (C=O) groups is 1. The monoisotopic (exact) mass is 456 g/mol. The first-order valence-corrected chi connectivity index (χ1v) is 10.3. The molecule has 0 spiro atoms. The molecule has 1 amide bonds. The summed E-state index contributed by atoms with van der Waals surface area (Å²) in [5.41, 5.74) is 4.18. The van der Waals surface area contributed by atoms with Crippen molar-refractivity contribution >= 4 is 46.7 Å². The third-order valence-corrected chi connectivity index (χ3v) is 5.17. The number of rotatable bonds is 7. The van der Waals surface area contributed by atoms with E-state index in [1.807, 2.05) is 44.2 Å². The molecule has 0 atom stereocenters. The molecule has 3 aromatic carbocycles. The van der Waals surface area contributed by atoms with Gasteiger partial charge in [0.1, 0.15) is 0 Å². The number of anilines is 1. The molecule has 0 saturated heterocycles. The van der Waals surface area contributed by atoms with Gasteiger partial charge in [0.05, 0.1) is 12.8 Å². The normalized spacial score (nSPS) is 10.9. The minimum atomic E-state index is -0.302. The maximum absolute atomic E-state index is 12.2. The molecular formula is C24H22Cl2N2O3. The number of aliphatic imine (C=N–C) groups is 1. The van der Waals surface area contributed by atoms with Gasteiger partial charge in [0.15, 0.2) is 18.1 Å². The standard InChI is InChI=1S/C24H22Cl2N2O3/c1-15-5-8-19(12-20(15)26)28-24(29)14-31-22-9-6-17(10-23(22)30-3)13-27-21-11-18(25)7-4-16(21)2/h4-13H,14H2,1-3H3,(H,28,29). The van der Waals surface area contributed by atoms with Gasteiger partial charge in [-0.05, 0) is 73.0 Å². The van der Waals surface area contributed by atoms with Crippen LogP contribution in [0.25, 0.3) is 0 Å². The first-order chi connectivity index (χ1) is 14.9. The van der Waals surface area contributed by atoms with E-state index in [-0.39, 0.29) is 12.5 Å². The lowest BCUT2D eigenvalue weighted by atomic mass is 10.2. The average Bonchev–Trinajstić information content (AvgIpc) is 2.75. The van der Waals surface area contributed by atoms with Crippen molar-refractivity contribution in [1.29, 1.82) is 0 Å². The van der Waals surface area contributed by atoms with Crippen molar-refractivity contribution in [1.82, 2.24) is 0 Å². The molecule has 0 saturated carbocycles. The lowest BCUT2D eigenvalue weighted by Gasteiger charge is -2.12. The van der Waals surface area contributed by atoms with E-state index in [9.17, 15) is 4.79 Å². The molecule has 0 aliphatic carbocycles. The summed E-state index contributed by atoms with van der Waals surface area (Å²) in [7, 11) is 1.54. The lowest BCUT2D eigenvalue weighted by molar-refractivity contribution is -0.118. The van der Waals surface area contributed by atoms with E-state index >= 15 is 0 Å². The topological polar surface area (TPSA) is 59.9 Å². The molecule has 0 aliphatic heterocycles. The highest BCUT2D eigenvalue weighted by atomic mass is 35.5. The van der Waals surface area contributed by atoms with Gasteiger partial charge >= 0.3 is 0 Å². The number of benzene rings is 3. The van der Waals surface area contributed by atoms with Crippen LogP contribution in [0.15, 0.2) is 59.6 Å². The van der Waals surface area contributed by atoms with Gasteiger partial charge in [0, 0.05) is 21.9 Å². The minimum absolute atomic E-state index is 0.170. The second kappa shape index (κ2) is 10.3. The van der Waals surface area contributed by atoms with Gasteiger partial charge in [-0.1, -0.05) is 35.3 Å². The molecular weight excluding hydrogens is 435 g/mol. The molecule has 0 bridgehead atoms. The Morgan fingerprint density at radius 3 is 2.52 bits per heavy atom. The Hall–Kier alpha value is -3.02. The van der Waals surface area contributed by atoms with Crippen LogP contribution in [-0.4, -0.2) is 25.8 Å². The third kappa shape index (κ3) is 6.23. The first kappa shape index (κ1) is 22.7. The Kier molecular flexibility index (Phi) is 7.55. The number of amides is 1. The van der Waals surface area contributed by atoms with Gasteiger partial charge in [-0.15, -0.1) is 0 Å². The summed E-state index contributed by atoms with van der Waals surface area (Å²) < 4.78 is 11.0. The lowest BCUT2D eigenvalue weighted by Crippen LogP contribution is -2.20. The van der Waals surface area contributed by atoms with E-state index in [4.69, 9.17) is 32.7 Å². The highest BCUT2D eigenvalue weighted by Gasteiger charge is 2.09. The Morgan fingerprint density at radius 1 is 1.00 bits per heavy atom. The molecule has 3 aromatic rings. The number of nitrogens with one attached hydrogen (secondary N) is 1. The number of hydrogen-bond donors (Lipinski definition) is 1.